The summed E-state index contributed by atoms with van der Waals surface area (Å²) in [5.41, 5.74) is 15.7. The van der Waals surface area contributed by atoms with Crippen molar-refractivity contribution < 1.29 is 4.79 Å². The first-order valence-corrected chi connectivity index (χ1v) is 9.01. The van der Waals surface area contributed by atoms with Gasteiger partial charge in [0, 0.05) is 6.54 Å². The van der Waals surface area contributed by atoms with Crippen LogP contribution in [-0.4, -0.2) is 58.3 Å². The molecule has 7 heteroatoms. The second-order valence-electron chi connectivity index (χ2n) is 5.40. The van der Waals surface area contributed by atoms with E-state index < -0.39 is 0 Å². The molecule has 9 N–H and O–H groups in total. The fourth-order valence-corrected chi connectivity index (χ4v) is 1.69. The monoisotopic (exact) mass is 332 g/mol. The minimum atomic E-state index is -0.0847. The summed E-state index contributed by atoms with van der Waals surface area (Å²) in [7, 11) is 0. The van der Waals surface area contributed by atoms with Gasteiger partial charge in [0.1, 0.15) is 0 Å². The number of rotatable bonds is 15. The first-order valence-electron chi connectivity index (χ1n) is 9.01. The van der Waals surface area contributed by atoms with Gasteiger partial charge in [-0.1, -0.05) is 13.3 Å². The van der Waals surface area contributed by atoms with Crippen molar-refractivity contribution in [3.63, 3.8) is 0 Å². The zero-order valence-corrected chi connectivity index (χ0v) is 15.0. The molecule has 0 aliphatic carbocycles. The predicted octanol–water partition coefficient (Wildman–Crippen LogP) is -0.495. The van der Waals surface area contributed by atoms with Gasteiger partial charge in [-0.2, -0.15) is 0 Å². The molecule has 0 radical (unpaired) electrons. The van der Waals surface area contributed by atoms with E-state index in [1.807, 2.05) is 0 Å². The van der Waals surface area contributed by atoms with Crippen LogP contribution in [0.5, 0.6) is 0 Å². The van der Waals surface area contributed by atoms with Gasteiger partial charge in [-0.25, -0.2) is 0 Å². The number of hydrogen-bond donors (Lipinski definition) is 6. The van der Waals surface area contributed by atoms with E-state index in [2.05, 4.69) is 22.9 Å². The van der Waals surface area contributed by atoms with Crippen LogP contribution in [0, 0.1) is 0 Å². The number of unbranched alkanes of at least 4 members (excludes halogenated alkanes) is 2. The van der Waals surface area contributed by atoms with Crippen LogP contribution in [0.2, 0.25) is 0 Å². The minimum absolute atomic E-state index is 0.0740. The molecule has 0 rings (SSSR count). The maximum absolute atomic E-state index is 10.8. The third-order valence-electron chi connectivity index (χ3n) is 3.11. The van der Waals surface area contributed by atoms with Crippen LogP contribution in [0.4, 0.5) is 0 Å². The maximum atomic E-state index is 10.8. The van der Waals surface area contributed by atoms with Gasteiger partial charge < -0.3 is 33.2 Å². The van der Waals surface area contributed by atoms with Crippen molar-refractivity contribution in [2.45, 2.75) is 45.4 Å². The fourth-order valence-electron chi connectivity index (χ4n) is 1.69. The Morgan fingerprint density at radius 1 is 0.739 bits per heavy atom. The smallest absolute Gasteiger partial charge is 0.233 e. The van der Waals surface area contributed by atoms with Crippen molar-refractivity contribution in [2.24, 2.45) is 17.2 Å². The molecule has 0 unspecified atom stereocenters. The molecule has 1 amide bonds. The van der Waals surface area contributed by atoms with Crippen LogP contribution in [0.15, 0.2) is 0 Å². The summed E-state index contributed by atoms with van der Waals surface area (Å²) in [4.78, 5) is 10.8. The molecule has 0 saturated heterocycles. The van der Waals surface area contributed by atoms with E-state index in [-0.39, 0.29) is 12.5 Å². The van der Waals surface area contributed by atoms with Crippen LogP contribution in [0.1, 0.15) is 45.4 Å². The van der Waals surface area contributed by atoms with Gasteiger partial charge in [0.05, 0.1) is 6.54 Å². The molecule has 0 fully saturated rings. The van der Waals surface area contributed by atoms with Crippen LogP contribution < -0.4 is 33.2 Å². The Kier molecular flexibility index (Phi) is 25.1. The Morgan fingerprint density at radius 3 is 1.70 bits per heavy atom. The van der Waals surface area contributed by atoms with Gasteiger partial charge in [0.2, 0.25) is 5.91 Å². The molecule has 0 aromatic heterocycles. The number of carbonyl (C=O) groups excluding carboxylic acids is 1. The summed E-state index contributed by atoms with van der Waals surface area (Å²) in [6, 6.07) is 0. The summed E-state index contributed by atoms with van der Waals surface area (Å²) in [6.45, 7) is 8.56. The highest BCUT2D eigenvalue weighted by Crippen LogP contribution is 1.85. The summed E-state index contributed by atoms with van der Waals surface area (Å²) >= 11 is 0. The highest BCUT2D eigenvalue weighted by molar-refractivity contribution is 5.77. The lowest BCUT2D eigenvalue weighted by molar-refractivity contribution is -0.119. The molecule has 0 bridgehead atoms. The van der Waals surface area contributed by atoms with Crippen molar-refractivity contribution >= 4 is 5.91 Å². The Labute approximate surface area is 142 Å². The van der Waals surface area contributed by atoms with Gasteiger partial charge in [0.25, 0.3) is 0 Å². The van der Waals surface area contributed by atoms with Crippen LogP contribution in [0.3, 0.4) is 0 Å². The van der Waals surface area contributed by atoms with Gasteiger partial charge in [-0.3, -0.25) is 4.79 Å². The zero-order valence-electron chi connectivity index (χ0n) is 15.0. The highest BCUT2D eigenvalue weighted by atomic mass is 16.1. The van der Waals surface area contributed by atoms with E-state index in [0.717, 1.165) is 52.1 Å². The third kappa shape index (κ3) is 26.5. The van der Waals surface area contributed by atoms with Crippen molar-refractivity contribution in [2.75, 3.05) is 52.4 Å². The van der Waals surface area contributed by atoms with Gasteiger partial charge in [-0.15, -0.1) is 0 Å². The maximum Gasteiger partial charge on any atom is 0.233 e. The first kappa shape index (κ1) is 24.5. The van der Waals surface area contributed by atoms with E-state index >= 15 is 0 Å². The number of carbonyl (C=O) groups is 1. The molecule has 0 spiro atoms. The molecule has 0 aliphatic heterocycles. The van der Waals surface area contributed by atoms with E-state index in [1.54, 1.807) is 0 Å². The van der Waals surface area contributed by atoms with Crippen LogP contribution in [-0.2, 0) is 4.79 Å². The number of amides is 1. The van der Waals surface area contributed by atoms with Gasteiger partial charge in [-0.05, 0) is 71.4 Å². The molecule has 0 atom stereocenters. The highest BCUT2D eigenvalue weighted by Gasteiger charge is 1.95. The molecule has 140 valence electrons. The van der Waals surface area contributed by atoms with Gasteiger partial charge in [0.15, 0.2) is 0 Å². The molecule has 0 aliphatic rings. The van der Waals surface area contributed by atoms with E-state index in [9.17, 15) is 4.79 Å². The molecular formula is C16H40N6O. The Hall–Kier alpha value is -0.730. The summed E-state index contributed by atoms with van der Waals surface area (Å²) < 4.78 is 0. The van der Waals surface area contributed by atoms with E-state index in [0.29, 0.717) is 6.54 Å². The van der Waals surface area contributed by atoms with Crippen LogP contribution >= 0.6 is 0 Å². The Bertz CT molecular complexity index is 227. The lowest BCUT2D eigenvalue weighted by Crippen LogP contribution is -2.32. The quantitative estimate of drug-likeness (QED) is 0.224. The molecule has 0 aromatic rings. The third-order valence-corrected chi connectivity index (χ3v) is 3.11. The number of nitrogens with one attached hydrogen (secondary N) is 3. The molecule has 0 aromatic carbocycles. The lowest BCUT2D eigenvalue weighted by Gasteiger charge is -2.06. The van der Waals surface area contributed by atoms with E-state index in [4.69, 9.17) is 17.2 Å². The van der Waals surface area contributed by atoms with Gasteiger partial charge >= 0.3 is 0 Å². The molecule has 23 heavy (non-hydrogen) atoms. The summed E-state index contributed by atoms with van der Waals surface area (Å²) in [5, 5.41) is 9.44. The SMILES string of the molecule is CCCCN.NCCCNCCCCNCCCNC(=O)CN. The first-order chi connectivity index (χ1) is 11.2. The fraction of sp³-hybridized carbons (Fsp3) is 0.938. The second-order valence-corrected chi connectivity index (χ2v) is 5.40. The molecular weight excluding hydrogens is 292 g/mol. The van der Waals surface area contributed by atoms with Crippen molar-refractivity contribution in [1.82, 2.24) is 16.0 Å². The molecule has 0 heterocycles. The summed E-state index contributed by atoms with van der Waals surface area (Å²) in [5.74, 6) is -0.0847. The Balaban J connectivity index is 0. The van der Waals surface area contributed by atoms with Crippen molar-refractivity contribution in [1.29, 1.82) is 0 Å². The average Bonchev–Trinajstić information content (AvgIpc) is 2.57. The van der Waals surface area contributed by atoms with Crippen molar-refractivity contribution in [3.8, 4) is 0 Å². The average molecular weight is 333 g/mol. The van der Waals surface area contributed by atoms with E-state index in [1.165, 1.54) is 25.7 Å². The zero-order chi connectivity index (χ0) is 17.6. The topological polar surface area (TPSA) is 131 Å². The normalized spacial score (nSPS) is 10.1. The molecule has 0 saturated carbocycles. The minimum Gasteiger partial charge on any atom is -0.355 e. The number of hydrogen-bond acceptors (Lipinski definition) is 6. The van der Waals surface area contributed by atoms with Crippen LogP contribution in [0.25, 0.3) is 0 Å². The Morgan fingerprint density at radius 2 is 1.26 bits per heavy atom. The molecule has 7 nitrogen and oxygen atoms in total. The summed E-state index contributed by atoms with van der Waals surface area (Å²) in [6.07, 6.45) is 6.73. The second kappa shape index (κ2) is 23.5. The predicted molar refractivity (Wildman–Crippen MR) is 99.3 cm³/mol. The largest absolute Gasteiger partial charge is 0.355 e. The lowest BCUT2D eigenvalue weighted by atomic mass is 10.3. The standard InChI is InChI=1S/C12H29N5O.C4H11N/c13-5-3-8-15-6-1-2-7-16-9-4-10-17-12(18)11-14;1-2-3-4-5/h15-16H,1-11,13-14H2,(H,17,18);2-5H2,1H3. The van der Waals surface area contributed by atoms with Crippen molar-refractivity contribution in [3.05, 3.63) is 0 Å². The number of nitrogens with two attached hydrogens (primary N) is 3.